The second-order valence-electron chi connectivity index (χ2n) is 15.3. The van der Waals surface area contributed by atoms with Gasteiger partial charge in [0, 0.05) is 19.3 Å². The lowest BCUT2D eigenvalue weighted by molar-refractivity contribution is -0.167. The zero-order chi connectivity index (χ0) is 37.3. The molecule has 0 aromatic carbocycles. The van der Waals surface area contributed by atoms with Crippen LogP contribution in [0.4, 0.5) is 0 Å². The summed E-state index contributed by atoms with van der Waals surface area (Å²) in [6.45, 7) is 6.62. The van der Waals surface area contributed by atoms with E-state index in [0.29, 0.717) is 19.3 Å². The van der Waals surface area contributed by atoms with Crippen molar-refractivity contribution in [2.45, 2.75) is 258 Å². The smallest absolute Gasteiger partial charge is 0.306 e. The van der Waals surface area contributed by atoms with Gasteiger partial charge in [0.2, 0.25) is 0 Å². The third kappa shape index (κ3) is 39.5. The van der Waals surface area contributed by atoms with Gasteiger partial charge in [0.25, 0.3) is 0 Å². The molecular formula is C45H86O6. The summed E-state index contributed by atoms with van der Waals surface area (Å²) in [6.07, 6.45) is 40.8. The van der Waals surface area contributed by atoms with Crippen LogP contribution in [-0.2, 0) is 28.6 Å². The van der Waals surface area contributed by atoms with Gasteiger partial charge in [0.05, 0.1) is 0 Å². The molecule has 0 aromatic rings. The number of ether oxygens (including phenoxy) is 3. The second kappa shape index (κ2) is 41.2. The summed E-state index contributed by atoms with van der Waals surface area (Å²) in [5.74, 6) is -0.855. The predicted molar refractivity (Wildman–Crippen MR) is 215 cm³/mol. The van der Waals surface area contributed by atoms with E-state index in [1.165, 1.54) is 154 Å². The van der Waals surface area contributed by atoms with Crippen LogP contribution in [0.25, 0.3) is 0 Å². The van der Waals surface area contributed by atoms with Gasteiger partial charge in [-0.05, 0) is 19.3 Å². The number of rotatable bonds is 41. The van der Waals surface area contributed by atoms with Crippen molar-refractivity contribution >= 4 is 17.9 Å². The lowest BCUT2D eigenvalue weighted by Crippen LogP contribution is -2.30. The highest BCUT2D eigenvalue weighted by Gasteiger charge is 2.19. The third-order valence-corrected chi connectivity index (χ3v) is 10.1. The molecule has 0 aromatic heterocycles. The quantitative estimate of drug-likeness (QED) is 0.0355. The highest BCUT2D eigenvalue weighted by Crippen LogP contribution is 2.15. The van der Waals surface area contributed by atoms with E-state index in [1.54, 1.807) is 0 Å². The first-order chi connectivity index (χ1) is 25.0. The number of hydrogen-bond donors (Lipinski definition) is 0. The zero-order valence-corrected chi connectivity index (χ0v) is 34.4. The van der Waals surface area contributed by atoms with Crippen molar-refractivity contribution < 1.29 is 28.6 Å². The van der Waals surface area contributed by atoms with Gasteiger partial charge in [-0.3, -0.25) is 14.4 Å². The van der Waals surface area contributed by atoms with E-state index in [2.05, 4.69) is 20.8 Å². The first-order valence-corrected chi connectivity index (χ1v) is 22.5. The van der Waals surface area contributed by atoms with Crippen molar-refractivity contribution in [1.82, 2.24) is 0 Å². The van der Waals surface area contributed by atoms with Crippen LogP contribution in [0.15, 0.2) is 0 Å². The summed E-state index contributed by atoms with van der Waals surface area (Å²) in [4.78, 5) is 37.6. The third-order valence-electron chi connectivity index (χ3n) is 10.1. The summed E-state index contributed by atoms with van der Waals surface area (Å²) in [6, 6.07) is 0. The summed E-state index contributed by atoms with van der Waals surface area (Å²) in [5.41, 5.74) is 0. The minimum absolute atomic E-state index is 0.0630. The second-order valence-corrected chi connectivity index (χ2v) is 15.3. The van der Waals surface area contributed by atoms with Crippen LogP contribution in [-0.4, -0.2) is 37.2 Å². The highest BCUT2D eigenvalue weighted by atomic mass is 16.6. The number of carbonyl (C=O) groups excluding carboxylic acids is 3. The first-order valence-electron chi connectivity index (χ1n) is 22.5. The van der Waals surface area contributed by atoms with Gasteiger partial charge in [-0.15, -0.1) is 0 Å². The van der Waals surface area contributed by atoms with Crippen LogP contribution < -0.4 is 0 Å². The molecule has 0 amide bonds. The van der Waals surface area contributed by atoms with Gasteiger partial charge in [-0.2, -0.15) is 0 Å². The van der Waals surface area contributed by atoms with Crippen molar-refractivity contribution in [2.75, 3.05) is 13.2 Å². The number of unbranched alkanes of at least 4 members (excludes halogenated alkanes) is 30. The van der Waals surface area contributed by atoms with Crippen molar-refractivity contribution in [1.29, 1.82) is 0 Å². The van der Waals surface area contributed by atoms with Crippen molar-refractivity contribution in [3.05, 3.63) is 0 Å². The molecule has 51 heavy (non-hydrogen) atoms. The largest absolute Gasteiger partial charge is 0.462 e. The fourth-order valence-electron chi connectivity index (χ4n) is 6.68. The van der Waals surface area contributed by atoms with E-state index in [4.69, 9.17) is 14.2 Å². The minimum atomic E-state index is -0.757. The highest BCUT2D eigenvalue weighted by molar-refractivity contribution is 5.71. The topological polar surface area (TPSA) is 78.9 Å². The SMILES string of the molecule is CCCCCCCCCCCCCCCC(=O)O[C@H](COC(=O)CCCCCCCCCCC)COC(=O)CCCCCCCCCCCCC. The van der Waals surface area contributed by atoms with Crippen LogP contribution in [0.1, 0.15) is 252 Å². The average molecular weight is 723 g/mol. The summed E-state index contributed by atoms with van der Waals surface area (Å²) in [5, 5.41) is 0. The monoisotopic (exact) mass is 723 g/mol. The molecule has 1 atom stereocenters. The molecule has 0 heterocycles. The Kier molecular flexibility index (Phi) is 39.9. The van der Waals surface area contributed by atoms with Crippen molar-refractivity contribution in [2.24, 2.45) is 0 Å². The molecule has 0 radical (unpaired) electrons. The maximum absolute atomic E-state index is 12.7. The molecule has 0 spiro atoms. The van der Waals surface area contributed by atoms with E-state index in [-0.39, 0.29) is 31.1 Å². The van der Waals surface area contributed by atoms with Gasteiger partial charge < -0.3 is 14.2 Å². The molecule has 0 N–H and O–H groups in total. The Morgan fingerprint density at radius 1 is 0.314 bits per heavy atom. The molecule has 6 nitrogen and oxygen atoms in total. The minimum Gasteiger partial charge on any atom is -0.462 e. The van der Waals surface area contributed by atoms with Crippen LogP contribution in [0.5, 0.6) is 0 Å². The molecule has 0 bridgehead atoms. The molecule has 0 aliphatic carbocycles. The Labute approximate surface area is 317 Å². The van der Waals surface area contributed by atoms with Crippen LogP contribution >= 0.6 is 0 Å². The molecular weight excluding hydrogens is 636 g/mol. The van der Waals surface area contributed by atoms with E-state index >= 15 is 0 Å². The molecule has 0 saturated carbocycles. The number of carbonyl (C=O) groups is 3. The Morgan fingerprint density at radius 2 is 0.529 bits per heavy atom. The Morgan fingerprint density at radius 3 is 0.784 bits per heavy atom. The molecule has 0 rings (SSSR count). The van der Waals surface area contributed by atoms with Gasteiger partial charge in [-0.25, -0.2) is 0 Å². The maximum atomic E-state index is 12.7. The number of esters is 3. The van der Waals surface area contributed by atoms with Gasteiger partial charge >= 0.3 is 17.9 Å². The number of hydrogen-bond acceptors (Lipinski definition) is 6. The van der Waals surface area contributed by atoms with E-state index in [9.17, 15) is 14.4 Å². The Bertz CT molecular complexity index is 753. The lowest BCUT2D eigenvalue weighted by atomic mass is 10.0. The van der Waals surface area contributed by atoms with Crippen LogP contribution in [0.2, 0.25) is 0 Å². The zero-order valence-electron chi connectivity index (χ0n) is 34.4. The predicted octanol–water partition coefficient (Wildman–Crippen LogP) is 14.1. The van der Waals surface area contributed by atoms with Gasteiger partial charge in [0.15, 0.2) is 6.10 Å². The van der Waals surface area contributed by atoms with Gasteiger partial charge in [0.1, 0.15) is 13.2 Å². The van der Waals surface area contributed by atoms with E-state index in [1.807, 2.05) is 0 Å². The lowest BCUT2D eigenvalue weighted by Gasteiger charge is -2.18. The summed E-state index contributed by atoms with van der Waals surface area (Å²) in [7, 11) is 0. The molecule has 6 heteroatoms. The molecule has 0 fully saturated rings. The van der Waals surface area contributed by atoms with Crippen LogP contribution in [0, 0.1) is 0 Å². The van der Waals surface area contributed by atoms with Crippen molar-refractivity contribution in [3.63, 3.8) is 0 Å². The normalized spacial score (nSPS) is 11.8. The molecule has 0 saturated heterocycles. The molecule has 0 aliphatic heterocycles. The molecule has 0 aliphatic rings. The Balaban J connectivity index is 4.31. The summed E-state index contributed by atoms with van der Waals surface area (Å²) < 4.78 is 16.7. The van der Waals surface area contributed by atoms with E-state index < -0.39 is 6.10 Å². The fourth-order valence-corrected chi connectivity index (χ4v) is 6.68. The van der Waals surface area contributed by atoms with E-state index in [0.717, 1.165) is 57.8 Å². The molecule has 0 unspecified atom stereocenters. The standard InChI is InChI=1S/C45H86O6/c1-4-7-10-13-16-19-21-22-24-27-30-33-36-39-45(48)51-42(40-49-43(46)37-34-31-28-25-18-15-12-9-6-3)41-50-44(47)38-35-32-29-26-23-20-17-14-11-8-5-2/h42H,4-41H2,1-3H3/t42-/m1/s1. The van der Waals surface area contributed by atoms with Crippen molar-refractivity contribution in [3.8, 4) is 0 Å². The summed E-state index contributed by atoms with van der Waals surface area (Å²) >= 11 is 0. The average Bonchev–Trinajstić information content (AvgIpc) is 3.12. The van der Waals surface area contributed by atoms with Gasteiger partial charge in [-0.1, -0.05) is 213 Å². The Hall–Kier alpha value is -1.59. The fraction of sp³-hybridized carbons (Fsp3) is 0.933. The first kappa shape index (κ1) is 49.4. The maximum Gasteiger partial charge on any atom is 0.306 e. The molecule has 302 valence electrons. The van der Waals surface area contributed by atoms with Crippen LogP contribution in [0.3, 0.4) is 0 Å².